The third-order valence-electron chi connectivity index (χ3n) is 8.12. The van der Waals surface area contributed by atoms with Gasteiger partial charge in [0.25, 0.3) is 0 Å². The van der Waals surface area contributed by atoms with Gasteiger partial charge >= 0.3 is 5.97 Å². The van der Waals surface area contributed by atoms with Gasteiger partial charge in [-0.3, -0.25) is 4.79 Å². The topological polar surface area (TPSA) is 135 Å². The van der Waals surface area contributed by atoms with Crippen molar-refractivity contribution < 1.29 is 44.2 Å². The number of unbranched alkanes of at least 4 members (excludes halogenated alkanes) is 14. The number of allylic oxidation sites excluding steroid dienone is 4. The van der Waals surface area contributed by atoms with E-state index in [1.807, 2.05) is 0 Å². The first kappa shape index (κ1) is 41.7. The number of esters is 1. The standard InChI is InChI=1S/C36H66O9/c1-3-5-7-9-11-12-13-14-15-16-17-18-19-20-22-24-26-42-28-30(44-32(38)25-23-21-10-8-6-4-2)29-43-36-35(41)34(40)33(39)31(27-37)45-36/h11-12,14-15,30-31,33-37,39-41H,3-10,13,16-29H2,1-2H3/b12-11-,15-14-. The van der Waals surface area contributed by atoms with Crippen molar-refractivity contribution in [3.63, 3.8) is 0 Å². The number of hydrogen-bond donors (Lipinski definition) is 4. The summed E-state index contributed by atoms with van der Waals surface area (Å²) in [6.07, 6.45) is 22.3. The molecule has 0 saturated carbocycles. The van der Waals surface area contributed by atoms with E-state index in [-0.39, 0.29) is 19.2 Å². The van der Waals surface area contributed by atoms with Gasteiger partial charge in [-0.2, -0.15) is 0 Å². The molecule has 6 atom stereocenters. The van der Waals surface area contributed by atoms with Gasteiger partial charge in [-0.15, -0.1) is 0 Å². The summed E-state index contributed by atoms with van der Waals surface area (Å²) in [6.45, 7) is 4.42. The zero-order chi connectivity index (χ0) is 33.0. The van der Waals surface area contributed by atoms with Crippen molar-refractivity contribution in [3.05, 3.63) is 24.3 Å². The second kappa shape index (κ2) is 28.9. The lowest BCUT2D eigenvalue weighted by Crippen LogP contribution is -2.59. The van der Waals surface area contributed by atoms with Crippen LogP contribution in [-0.2, 0) is 23.7 Å². The lowest BCUT2D eigenvalue weighted by atomic mass is 9.99. The Morgan fingerprint density at radius 3 is 1.96 bits per heavy atom. The minimum atomic E-state index is -1.53. The highest BCUT2D eigenvalue weighted by atomic mass is 16.7. The lowest BCUT2D eigenvalue weighted by molar-refractivity contribution is -0.305. The molecule has 1 aliphatic heterocycles. The van der Waals surface area contributed by atoms with Crippen LogP contribution < -0.4 is 0 Å². The van der Waals surface area contributed by atoms with Crippen LogP contribution in [0.3, 0.4) is 0 Å². The number of carbonyl (C=O) groups excluding carboxylic acids is 1. The van der Waals surface area contributed by atoms with E-state index in [1.54, 1.807) is 0 Å². The molecule has 0 aromatic rings. The minimum absolute atomic E-state index is 0.116. The highest BCUT2D eigenvalue weighted by Crippen LogP contribution is 2.22. The Balaban J connectivity index is 2.30. The van der Waals surface area contributed by atoms with Gasteiger partial charge in [-0.1, -0.05) is 109 Å². The molecule has 0 spiro atoms. The Morgan fingerprint density at radius 1 is 0.711 bits per heavy atom. The average molecular weight is 643 g/mol. The van der Waals surface area contributed by atoms with E-state index in [4.69, 9.17) is 18.9 Å². The van der Waals surface area contributed by atoms with Crippen molar-refractivity contribution >= 4 is 5.97 Å². The SMILES string of the molecule is CCCCC/C=C\C/C=C\CCCCCCCCOCC(COC1OC(CO)C(O)C(O)C1O)OC(=O)CCCCCCCC. The maximum atomic E-state index is 12.5. The summed E-state index contributed by atoms with van der Waals surface area (Å²) in [6, 6.07) is 0. The molecule has 1 saturated heterocycles. The third kappa shape index (κ3) is 21.2. The van der Waals surface area contributed by atoms with E-state index < -0.39 is 43.4 Å². The number of carbonyl (C=O) groups is 1. The predicted octanol–water partition coefficient (Wildman–Crippen LogP) is 6.30. The summed E-state index contributed by atoms with van der Waals surface area (Å²) in [7, 11) is 0. The fraction of sp³-hybridized carbons (Fsp3) is 0.861. The molecule has 1 fully saturated rings. The molecule has 6 unspecified atom stereocenters. The molecule has 45 heavy (non-hydrogen) atoms. The van der Waals surface area contributed by atoms with Crippen molar-refractivity contribution in [1.29, 1.82) is 0 Å². The fourth-order valence-corrected chi connectivity index (χ4v) is 5.23. The van der Waals surface area contributed by atoms with E-state index in [1.165, 1.54) is 64.2 Å². The van der Waals surface area contributed by atoms with Crippen LogP contribution in [-0.4, -0.2) is 89.6 Å². The highest BCUT2D eigenvalue weighted by molar-refractivity contribution is 5.69. The van der Waals surface area contributed by atoms with Crippen LogP contribution in [0.5, 0.6) is 0 Å². The van der Waals surface area contributed by atoms with E-state index in [9.17, 15) is 25.2 Å². The number of rotatable bonds is 29. The van der Waals surface area contributed by atoms with Gasteiger partial charge in [0.2, 0.25) is 0 Å². The van der Waals surface area contributed by atoms with Gasteiger partial charge in [0.05, 0.1) is 19.8 Å². The van der Waals surface area contributed by atoms with Gasteiger partial charge in [-0.25, -0.2) is 0 Å². The predicted molar refractivity (Wildman–Crippen MR) is 178 cm³/mol. The highest BCUT2D eigenvalue weighted by Gasteiger charge is 2.44. The number of aliphatic hydroxyl groups is 4. The third-order valence-corrected chi connectivity index (χ3v) is 8.12. The van der Waals surface area contributed by atoms with E-state index in [0.29, 0.717) is 13.0 Å². The average Bonchev–Trinajstić information content (AvgIpc) is 3.04. The summed E-state index contributed by atoms with van der Waals surface area (Å²) in [4.78, 5) is 12.5. The van der Waals surface area contributed by atoms with Crippen LogP contribution in [0.1, 0.15) is 136 Å². The van der Waals surface area contributed by atoms with Gasteiger partial charge in [0, 0.05) is 13.0 Å². The molecule has 0 aromatic heterocycles. The zero-order valence-electron chi connectivity index (χ0n) is 28.4. The van der Waals surface area contributed by atoms with Crippen LogP contribution >= 0.6 is 0 Å². The molecular weight excluding hydrogens is 576 g/mol. The van der Waals surface area contributed by atoms with Crippen LogP contribution in [0.2, 0.25) is 0 Å². The van der Waals surface area contributed by atoms with E-state index >= 15 is 0 Å². The van der Waals surface area contributed by atoms with Gasteiger partial charge < -0.3 is 39.4 Å². The molecule has 0 radical (unpaired) electrons. The van der Waals surface area contributed by atoms with Crippen LogP contribution in [0, 0.1) is 0 Å². The molecule has 264 valence electrons. The first-order valence-electron chi connectivity index (χ1n) is 17.9. The van der Waals surface area contributed by atoms with Gasteiger partial charge in [0.1, 0.15) is 30.5 Å². The van der Waals surface area contributed by atoms with Crippen molar-refractivity contribution in [2.45, 2.75) is 173 Å². The van der Waals surface area contributed by atoms with Crippen LogP contribution in [0.25, 0.3) is 0 Å². The summed E-state index contributed by atoms with van der Waals surface area (Å²) < 4.78 is 22.5. The van der Waals surface area contributed by atoms with Crippen LogP contribution in [0.15, 0.2) is 24.3 Å². The molecule has 0 bridgehead atoms. The number of ether oxygens (including phenoxy) is 4. The summed E-state index contributed by atoms with van der Waals surface area (Å²) in [5.41, 5.74) is 0. The Kier molecular flexibility index (Phi) is 26.7. The van der Waals surface area contributed by atoms with Crippen LogP contribution in [0.4, 0.5) is 0 Å². The quantitative estimate of drug-likeness (QED) is 0.0421. The summed E-state index contributed by atoms with van der Waals surface area (Å²) >= 11 is 0. The van der Waals surface area contributed by atoms with E-state index in [0.717, 1.165) is 51.4 Å². The van der Waals surface area contributed by atoms with Gasteiger partial charge in [-0.05, 0) is 44.9 Å². The zero-order valence-corrected chi connectivity index (χ0v) is 28.4. The summed E-state index contributed by atoms with van der Waals surface area (Å²) in [5.74, 6) is -0.329. The second-order valence-corrected chi connectivity index (χ2v) is 12.3. The number of aliphatic hydroxyl groups excluding tert-OH is 4. The Bertz CT molecular complexity index is 742. The Hall–Kier alpha value is -1.33. The first-order valence-corrected chi connectivity index (χ1v) is 17.9. The smallest absolute Gasteiger partial charge is 0.306 e. The fourth-order valence-electron chi connectivity index (χ4n) is 5.23. The molecule has 9 nitrogen and oxygen atoms in total. The summed E-state index contributed by atoms with van der Waals surface area (Å²) in [5, 5.41) is 39.7. The molecule has 1 aliphatic rings. The maximum Gasteiger partial charge on any atom is 0.306 e. The molecule has 9 heteroatoms. The van der Waals surface area contributed by atoms with Crippen molar-refractivity contribution in [2.75, 3.05) is 26.4 Å². The minimum Gasteiger partial charge on any atom is -0.457 e. The normalized spacial score (nSPS) is 22.8. The molecular formula is C36H66O9. The molecule has 4 N–H and O–H groups in total. The second-order valence-electron chi connectivity index (χ2n) is 12.3. The molecule has 0 amide bonds. The first-order chi connectivity index (χ1) is 21.9. The van der Waals surface area contributed by atoms with Crippen molar-refractivity contribution in [3.8, 4) is 0 Å². The van der Waals surface area contributed by atoms with Crippen molar-refractivity contribution in [1.82, 2.24) is 0 Å². The monoisotopic (exact) mass is 642 g/mol. The largest absolute Gasteiger partial charge is 0.457 e. The molecule has 1 heterocycles. The Morgan fingerprint density at radius 2 is 1.29 bits per heavy atom. The van der Waals surface area contributed by atoms with Gasteiger partial charge in [0.15, 0.2) is 6.29 Å². The van der Waals surface area contributed by atoms with E-state index in [2.05, 4.69) is 38.2 Å². The molecule has 1 rings (SSSR count). The number of hydrogen-bond acceptors (Lipinski definition) is 9. The Labute approximate surface area is 273 Å². The van der Waals surface area contributed by atoms with Crippen molar-refractivity contribution in [2.24, 2.45) is 0 Å². The molecule has 0 aromatic carbocycles. The maximum absolute atomic E-state index is 12.5. The lowest BCUT2D eigenvalue weighted by Gasteiger charge is -2.39. The molecule has 0 aliphatic carbocycles.